The number of likely N-dealkylation sites (N-methyl/N-ethyl adjacent to an activating group) is 1. The van der Waals surface area contributed by atoms with E-state index in [2.05, 4.69) is 40.5 Å². The van der Waals surface area contributed by atoms with E-state index in [0.29, 0.717) is 13.1 Å². The summed E-state index contributed by atoms with van der Waals surface area (Å²) in [5.41, 5.74) is 3.62. The predicted molar refractivity (Wildman–Crippen MR) is 119 cm³/mol. The molecule has 0 spiro atoms. The van der Waals surface area contributed by atoms with Gasteiger partial charge in [-0.05, 0) is 48.2 Å². The number of aryl methyl sites for hydroxylation is 1. The van der Waals surface area contributed by atoms with Crippen molar-refractivity contribution < 1.29 is 14.3 Å². The highest BCUT2D eigenvalue weighted by atomic mass is 35.5. The minimum atomic E-state index is -0.420. The molecule has 160 valence electrons. The number of benzene rings is 2. The second kappa shape index (κ2) is 11.0. The minimum absolute atomic E-state index is 0.232. The number of nitrogens with one attached hydrogen (secondary N) is 1. The SMILES string of the molecule is CNC(=O)COC(=O)N1CCN(CCCc2cccc(-c3cccc(Cl)c3)c2)CC1. The Morgan fingerprint density at radius 2 is 1.73 bits per heavy atom. The van der Waals surface area contributed by atoms with Gasteiger partial charge in [-0.3, -0.25) is 9.69 Å². The molecule has 30 heavy (non-hydrogen) atoms. The van der Waals surface area contributed by atoms with Gasteiger partial charge in [0.25, 0.3) is 5.91 Å². The number of amides is 2. The van der Waals surface area contributed by atoms with Crippen LogP contribution < -0.4 is 5.32 Å². The number of carbonyl (C=O) groups is 2. The van der Waals surface area contributed by atoms with E-state index in [9.17, 15) is 9.59 Å². The lowest BCUT2D eigenvalue weighted by molar-refractivity contribution is -0.123. The molecule has 1 N–H and O–H groups in total. The van der Waals surface area contributed by atoms with Gasteiger partial charge >= 0.3 is 6.09 Å². The van der Waals surface area contributed by atoms with E-state index in [4.69, 9.17) is 16.3 Å². The highest BCUT2D eigenvalue weighted by Gasteiger charge is 2.22. The second-order valence-corrected chi connectivity index (χ2v) is 7.81. The number of hydrogen-bond acceptors (Lipinski definition) is 4. The molecule has 6 nitrogen and oxygen atoms in total. The largest absolute Gasteiger partial charge is 0.439 e. The molecule has 1 saturated heterocycles. The fourth-order valence-corrected chi connectivity index (χ4v) is 3.72. The average Bonchev–Trinajstić information content (AvgIpc) is 2.78. The minimum Gasteiger partial charge on any atom is -0.439 e. The molecule has 0 atom stereocenters. The Morgan fingerprint density at radius 3 is 2.43 bits per heavy atom. The Bertz CT molecular complexity index is 866. The van der Waals surface area contributed by atoms with Crippen LogP contribution in [0.4, 0.5) is 4.79 Å². The van der Waals surface area contributed by atoms with Gasteiger partial charge in [-0.1, -0.05) is 48.0 Å². The van der Waals surface area contributed by atoms with E-state index in [1.54, 1.807) is 4.90 Å². The van der Waals surface area contributed by atoms with Gasteiger partial charge in [0.1, 0.15) is 0 Å². The van der Waals surface area contributed by atoms with Gasteiger partial charge in [0.15, 0.2) is 6.61 Å². The third kappa shape index (κ3) is 6.47. The lowest BCUT2D eigenvalue weighted by Crippen LogP contribution is -2.49. The number of piperazine rings is 1. The highest BCUT2D eigenvalue weighted by molar-refractivity contribution is 6.30. The summed E-state index contributed by atoms with van der Waals surface area (Å²) in [4.78, 5) is 27.2. The molecule has 2 aromatic carbocycles. The van der Waals surface area contributed by atoms with Crippen molar-refractivity contribution in [2.24, 2.45) is 0 Å². The van der Waals surface area contributed by atoms with Crippen molar-refractivity contribution in [3.8, 4) is 11.1 Å². The maximum Gasteiger partial charge on any atom is 0.410 e. The Morgan fingerprint density at radius 1 is 1.03 bits per heavy atom. The Balaban J connectivity index is 1.41. The molecule has 0 bridgehead atoms. The van der Waals surface area contributed by atoms with Crippen LogP contribution in [-0.4, -0.2) is 68.2 Å². The van der Waals surface area contributed by atoms with Crippen LogP contribution >= 0.6 is 11.6 Å². The lowest BCUT2D eigenvalue weighted by Gasteiger charge is -2.34. The van der Waals surface area contributed by atoms with Crippen LogP contribution in [0.25, 0.3) is 11.1 Å². The van der Waals surface area contributed by atoms with E-state index >= 15 is 0 Å². The first-order chi connectivity index (χ1) is 14.5. The Kier molecular flexibility index (Phi) is 8.11. The quantitative estimate of drug-likeness (QED) is 0.732. The van der Waals surface area contributed by atoms with E-state index in [1.165, 1.54) is 18.2 Å². The fourth-order valence-electron chi connectivity index (χ4n) is 3.53. The summed E-state index contributed by atoms with van der Waals surface area (Å²) < 4.78 is 5.01. The molecular weight excluding hydrogens is 402 g/mol. The number of hydrogen-bond donors (Lipinski definition) is 1. The molecule has 3 rings (SSSR count). The van der Waals surface area contributed by atoms with Gasteiger partial charge < -0.3 is 15.0 Å². The molecule has 1 heterocycles. The molecule has 2 amide bonds. The first-order valence-electron chi connectivity index (χ1n) is 10.2. The van der Waals surface area contributed by atoms with Crippen molar-refractivity contribution in [3.63, 3.8) is 0 Å². The predicted octanol–water partition coefficient (Wildman–Crippen LogP) is 3.44. The third-order valence-corrected chi connectivity index (χ3v) is 5.50. The Labute approximate surface area is 182 Å². The van der Waals surface area contributed by atoms with E-state index in [-0.39, 0.29) is 12.5 Å². The summed E-state index contributed by atoms with van der Waals surface area (Å²) in [6.45, 7) is 3.63. The number of halogens is 1. The molecular formula is C23H28ClN3O3. The van der Waals surface area contributed by atoms with E-state index < -0.39 is 6.09 Å². The summed E-state index contributed by atoms with van der Waals surface area (Å²) in [5, 5.41) is 3.18. The van der Waals surface area contributed by atoms with Crippen molar-refractivity contribution in [1.29, 1.82) is 0 Å². The topological polar surface area (TPSA) is 61.9 Å². The molecule has 0 aliphatic carbocycles. The van der Waals surface area contributed by atoms with Crippen molar-refractivity contribution in [1.82, 2.24) is 15.1 Å². The van der Waals surface area contributed by atoms with Crippen molar-refractivity contribution in [3.05, 3.63) is 59.1 Å². The number of ether oxygens (including phenoxy) is 1. The summed E-state index contributed by atoms with van der Waals surface area (Å²) in [6.07, 6.45) is 1.64. The average molecular weight is 430 g/mol. The van der Waals surface area contributed by atoms with Crippen LogP contribution in [0.1, 0.15) is 12.0 Å². The number of nitrogens with zero attached hydrogens (tertiary/aromatic N) is 2. The molecule has 1 aliphatic heterocycles. The standard InChI is InChI=1S/C23H28ClN3O3/c1-25-22(28)17-30-23(29)27-13-11-26(12-14-27)10-4-6-18-5-2-7-19(15-18)20-8-3-9-21(24)16-20/h2-3,5,7-9,15-16H,4,6,10-14,17H2,1H3,(H,25,28). The smallest absolute Gasteiger partial charge is 0.410 e. The van der Waals surface area contributed by atoms with Crippen molar-refractivity contribution >= 4 is 23.6 Å². The molecule has 0 radical (unpaired) electrons. The normalized spacial score (nSPS) is 14.4. The second-order valence-electron chi connectivity index (χ2n) is 7.37. The van der Waals surface area contributed by atoms with Crippen LogP contribution in [0.15, 0.2) is 48.5 Å². The van der Waals surface area contributed by atoms with Gasteiger partial charge in [0.2, 0.25) is 0 Å². The van der Waals surface area contributed by atoms with Gasteiger partial charge in [0, 0.05) is 38.2 Å². The fraction of sp³-hybridized carbons (Fsp3) is 0.391. The molecule has 0 aromatic heterocycles. The number of carbonyl (C=O) groups excluding carboxylic acids is 2. The maximum atomic E-state index is 12.0. The third-order valence-electron chi connectivity index (χ3n) is 5.26. The first-order valence-corrected chi connectivity index (χ1v) is 10.6. The van der Waals surface area contributed by atoms with Crippen LogP contribution in [-0.2, 0) is 16.0 Å². The van der Waals surface area contributed by atoms with Crippen LogP contribution in [0.2, 0.25) is 5.02 Å². The van der Waals surface area contributed by atoms with Gasteiger partial charge in [-0.15, -0.1) is 0 Å². The van der Waals surface area contributed by atoms with Gasteiger partial charge in [-0.2, -0.15) is 0 Å². The van der Waals surface area contributed by atoms with Gasteiger partial charge in [0.05, 0.1) is 0 Å². The Hall–Kier alpha value is -2.57. The summed E-state index contributed by atoms with van der Waals surface area (Å²) >= 11 is 6.12. The summed E-state index contributed by atoms with van der Waals surface area (Å²) in [7, 11) is 1.52. The molecule has 0 unspecified atom stereocenters. The summed E-state index contributed by atoms with van der Waals surface area (Å²) in [5.74, 6) is -0.304. The van der Waals surface area contributed by atoms with Crippen LogP contribution in [0.5, 0.6) is 0 Å². The molecule has 0 saturated carbocycles. The van der Waals surface area contributed by atoms with Crippen molar-refractivity contribution in [2.75, 3.05) is 46.4 Å². The number of rotatable bonds is 7. The van der Waals surface area contributed by atoms with E-state index in [0.717, 1.165) is 43.1 Å². The molecule has 1 fully saturated rings. The molecule has 2 aromatic rings. The monoisotopic (exact) mass is 429 g/mol. The zero-order chi connectivity index (χ0) is 21.3. The highest BCUT2D eigenvalue weighted by Crippen LogP contribution is 2.24. The lowest BCUT2D eigenvalue weighted by atomic mass is 10.0. The summed E-state index contributed by atoms with van der Waals surface area (Å²) in [6, 6.07) is 16.5. The maximum absolute atomic E-state index is 12.0. The van der Waals surface area contributed by atoms with Crippen molar-refractivity contribution in [2.45, 2.75) is 12.8 Å². The van der Waals surface area contributed by atoms with Crippen LogP contribution in [0.3, 0.4) is 0 Å². The van der Waals surface area contributed by atoms with Gasteiger partial charge in [-0.25, -0.2) is 4.79 Å². The molecule has 7 heteroatoms. The van der Waals surface area contributed by atoms with Crippen LogP contribution in [0, 0.1) is 0 Å². The first kappa shape index (κ1) is 22.1. The zero-order valence-corrected chi connectivity index (χ0v) is 18.0. The van der Waals surface area contributed by atoms with E-state index in [1.807, 2.05) is 18.2 Å². The zero-order valence-electron chi connectivity index (χ0n) is 17.3. The molecule has 1 aliphatic rings.